The van der Waals surface area contributed by atoms with E-state index in [2.05, 4.69) is 38.6 Å². The van der Waals surface area contributed by atoms with E-state index in [0.717, 1.165) is 6.54 Å². The summed E-state index contributed by atoms with van der Waals surface area (Å²) in [4.78, 5) is 2.16. The lowest BCUT2D eigenvalue weighted by atomic mass is 9.79. The number of hydrogen-bond donors (Lipinski definition) is 0. The van der Waals surface area contributed by atoms with Gasteiger partial charge in [-0.25, -0.2) is 0 Å². The average Bonchev–Trinajstić information content (AvgIpc) is 2.24. The molecule has 1 saturated heterocycles. The van der Waals surface area contributed by atoms with Gasteiger partial charge in [0.25, 0.3) is 0 Å². The monoisotopic (exact) mass is 165 g/mol. The van der Waals surface area contributed by atoms with Crippen molar-refractivity contribution in [2.45, 2.75) is 40.2 Å². The van der Waals surface area contributed by atoms with Gasteiger partial charge in [0, 0.05) is 18.6 Å². The molecule has 1 heterocycles. The van der Waals surface area contributed by atoms with Crippen LogP contribution in [0.2, 0.25) is 0 Å². The van der Waals surface area contributed by atoms with E-state index in [1.807, 2.05) is 0 Å². The smallest absolute Gasteiger partial charge is 0.0445 e. The number of terminal acetylenes is 1. The van der Waals surface area contributed by atoms with Crippen molar-refractivity contribution in [1.29, 1.82) is 0 Å². The van der Waals surface area contributed by atoms with Gasteiger partial charge in [0.1, 0.15) is 0 Å². The van der Waals surface area contributed by atoms with Gasteiger partial charge in [-0.2, -0.15) is 0 Å². The molecule has 0 aliphatic carbocycles. The molecule has 1 atom stereocenters. The van der Waals surface area contributed by atoms with E-state index in [0.29, 0.717) is 17.4 Å². The summed E-state index contributed by atoms with van der Waals surface area (Å²) in [6, 6.07) is 3.34. The van der Waals surface area contributed by atoms with Gasteiger partial charge in [-0.1, -0.05) is 34.1 Å². The van der Waals surface area contributed by atoms with Crippen LogP contribution in [0, 0.1) is 23.8 Å². The van der Waals surface area contributed by atoms with Crippen molar-refractivity contribution in [2.24, 2.45) is 11.3 Å². The maximum Gasteiger partial charge on any atom is 0.0445 e. The molecule has 1 heteroatoms. The summed E-state index contributed by atoms with van der Waals surface area (Å²) in [7, 11) is 0. The molecule has 0 N–H and O–H groups in total. The van der Waals surface area contributed by atoms with Crippen LogP contribution in [0.4, 0.5) is 0 Å². The largest absolute Gasteiger partial charge is 0.329 e. The minimum atomic E-state index is 0.389. The molecule has 0 spiro atoms. The zero-order chi connectivity index (χ0) is 9.35. The van der Waals surface area contributed by atoms with Crippen LogP contribution in [-0.4, -0.2) is 17.5 Å². The maximum absolute atomic E-state index is 5.46. The van der Waals surface area contributed by atoms with Crippen molar-refractivity contribution >= 4 is 0 Å². The Balaban J connectivity index is 2.82. The van der Waals surface area contributed by atoms with Crippen LogP contribution < -0.4 is 0 Å². The molecule has 0 bridgehead atoms. The molecule has 1 nitrogen and oxygen atoms in total. The normalized spacial score (nSPS) is 27.7. The molecule has 1 aliphatic heterocycles. The highest BCUT2D eigenvalue weighted by Gasteiger charge is 2.40. The van der Waals surface area contributed by atoms with E-state index in [1.165, 1.54) is 6.42 Å². The van der Waals surface area contributed by atoms with Gasteiger partial charge >= 0.3 is 0 Å². The van der Waals surface area contributed by atoms with Crippen LogP contribution in [0.1, 0.15) is 34.1 Å². The Kier molecular flexibility index (Phi) is 2.37. The van der Waals surface area contributed by atoms with Crippen molar-refractivity contribution in [3.63, 3.8) is 0 Å². The molecule has 0 aromatic carbocycles. The first-order valence-corrected chi connectivity index (χ1v) is 4.72. The summed E-state index contributed by atoms with van der Waals surface area (Å²) in [6.45, 7) is 10.2. The lowest BCUT2D eigenvalue weighted by Crippen LogP contribution is -2.38. The topological polar surface area (TPSA) is 3.24 Å². The van der Waals surface area contributed by atoms with E-state index in [-0.39, 0.29) is 0 Å². The van der Waals surface area contributed by atoms with Crippen LogP contribution in [0.25, 0.3) is 0 Å². The second-order valence-corrected chi connectivity index (χ2v) is 4.75. The minimum Gasteiger partial charge on any atom is -0.329 e. The van der Waals surface area contributed by atoms with E-state index in [9.17, 15) is 0 Å². The van der Waals surface area contributed by atoms with Crippen LogP contribution in [0.3, 0.4) is 0 Å². The molecule has 1 rings (SSSR count). The first kappa shape index (κ1) is 9.45. The molecule has 0 saturated carbocycles. The van der Waals surface area contributed by atoms with Crippen LogP contribution in [-0.2, 0) is 0 Å². The van der Waals surface area contributed by atoms with Crippen LogP contribution >= 0.6 is 0 Å². The Morgan fingerprint density at radius 3 is 2.42 bits per heavy atom. The lowest BCUT2D eigenvalue weighted by Gasteiger charge is -2.33. The van der Waals surface area contributed by atoms with Crippen molar-refractivity contribution in [3.05, 3.63) is 0 Å². The third-order valence-corrected chi connectivity index (χ3v) is 2.93. The molecule has 1 unspecified atom stereocenters. The Hall–Kier alpha value is -0.640. The standard InChI is InChI=1S/C11H19N/c1-6-12-8-7-11(4,5)10(12)9(2)3/h1,9-10H,7-8H2,2-5H3. The van der Waals surface area contributed by atoms with Gasteiger partial charge in [0.2, 0.25) is 0 Å². The molecule has 1 aliphatic rings. The lowest BCUT2D eigenvalue weighted by molar-refractivity contribution is 0.183. The summed E-state index contributed by atoms with van der Waals surface area (Å²) in [5.41, 5.74) is 0.389. The second kappa shape index (κ2) is 3.01. The molecule has 0 amide bonds. The van der Waals surface area contributed by atoms with Gasteiger partial charge < -0.3 is 4.90 Å². The molecular weight excluding hydrogens is 146 g/mol. The average molecular weight is 165 g/mol. The first-order valence-electron chi connectivity index (χ1n) is 4.72. The molecule has 1 fully saturated rings. The predicted molar refractivity (Wildman–Crippen MR) is 52.6 cm³/mol. The molecule has 68 valence electrons. The van der Waals surface area contributed by atoms with E-state index in [1.54, 1.807) is 0 Å². The van der Waals surface area contributed by atoms with Crippen LogP contribution in [0.15, 0.2) is 0 Å². The third kappa shape index (κ3) is 1.43. The second-order valence-electron chi connectivity index (χ2n) is 4.75. The van der Waals surface area contributed by atoms with Crippen molar-refractivity contribution in [1.82, 2.24) is 4.90 Å². The van der Waals surface area contributed by atoms with E-state index >= 15 is 0 Å². The van der Waals surface area contributed by atoms with Gasteiger partial charge in [0.15, 0.2) is 0 Å². The van der Waals surface area contributed by atoms with Crippen molar-refractivity contribution in [3.8, 4) is 12.5 Å². The number of likely N-dealkylation sites (tertiary alicyclic amines) is 1. The first-order chi connectivity index (χ1) is 5.49. The summed E-state index contributed by atoms with van der Waals surface area (Å²) in [5, 5.41) is 0. The molecule has 0 aromatic rings. The highest BCUT2D eigenvalue weighted by molar-refractivity contribution is 5.02. The van der Waals surface area contributed by atoms with Crippen molar-refractivity contribution in [2.75, 3.05) is 6.54 Å². The Morgan fingerprint density at radius 1 is 1.50 bits per heavy atom. The van der Waals surface area contributed by atoms with E-state index in [4.69, 9.17) is 6.42 Å². The zero-order valence-corrected chi connectivity index (χ0v) is 8.59. The Bertz CT molecular complexity index is 198. The van der Waals surface area contributed by atoms with Crippen molar-refractivity contribution < 1.29 is 0 Å². The SMILES string of the molecule is C#CN1CCC(C)(C)C1C(C)C. The molecular formula is C11H19N. The Labute approximate surface area is 76.1 Å². The summed E-state index contributed by atoms with van der Waals surface area (Å²) in [5.74, 6) is 0.651. The highest BCUT2D eigenvalue weighted by atomic mass is 15.2. The molecule has 0 aromatic heterocycles. The number of rotatable bonds is 1. The van der Waals surface area contributed by atoms with Gasteiger partial charge in [-0.15, -0.1) is 0 Å². The minimum absolute atomic E-state index is 0.389. The van der Waals surface area contributed by atoms with Gasteiger partial charge in [-0.05, 0) is 17.8 Å². The van der Waals surface area contributed by atoms with E-state index < -0.39 is 0 Å². The van der Waals surface area contributed by atoms with Crippen LogP contribution in [0.5, 0.6) is 0 Å². The Morgan fingerprint density at radius 2 is 2.08 bits per heavy atom. The quantitative estimate of drug-likeness (QED) is 0.539. The fourth-order valence-corrected chi connectivity index (χ4v) is 2.52. The fourth-order valence-electron chi connectivity index (χ4n) is 2.52. The summed E-state index contributed by atoms with van der Waals surface area (Å²) in [6.07, 6.45) is 6.68. The molecule has 12 heavy (non-hydrogen) atoms. The fraction of sp³-hybridized carbons (Fsp3) is 0.818. The maximum atomic E-state index is 5.46. The predicted octanol–water partition coefficient (Wildman–Crippen LogP) is 2.33. The highest BCUT2D eigenvalue weighted by Crippen LogP contribution is 2.39. The van der Waals surface area contributed by atoms with Gasteiger partial charge in [0.05, 0.1) is 0 Å². The molecule has 0 radical (unpaired) electrons. The number of nitrogens with zero attached hydrogens (tertiary/aromatic N) is 1. The van der Waals surface area contributed by atoms with Gasteiger partial charge in [-0.3, -0.25) is 0 Å². The number of hydrogen-bond acceptors (Lipinski definition) is 1. The third-order valence-electron chi connectivity index (χ3n) is 2.93. The summed E-state index contributed by atoms with van der Waals surface area (Å²) < 4.78 is 0. The summed E-state index contributed by atoms with van der Waals surface area (Å²) >= 11 is 0. The zero-order valence-electron chi connectivity index (χ0n) is 8.59.